The third-order valence-electron chi connectivity index (χ3n) is 3.30. The van der Waals surface area contributed by atoms with Crippen molar-refractivity contribution in [3.8, 4) is 0 Å². The molecular formula is C15H31N3O2. The maximum atomic E-state index is 11.8. The molecule has 0 saturated carbocycles. The number of carbonyl (C=O) groups excluding carboxylic acids is 1. The number of piperidine rings is 1. The average Bonchev–Trinajstić information content (AvgIpc) is 2.23. The number of ether oxygens (including phenoxy) is 1. The summed E-state index contributed by atoms with van der Waals surface area (Å²) < 4.78 is 5.30. The molecule has 2 N–H and O–H groups in total. The first-order valence-electron chi connectivity index (χ1n) is 7.50. The van der Waals surface area contributed by atoms with Crippen molar-refractivity contribution in [2.45, 2.75) is 64.6 Å². The monoisotopic (exact) mass is 285 g/mol. The van der Waals surface area contributed by atoms with Crippen molar-refractivity contribution in [1.82, 2.24) is 15.5 Å². The smallest absolute Gasteiger partial charge is 0.408 e. The zero-order valence-electron chi connectivity index (χ0n) is 13.9. The lowest BCUT2D eigenvalue weighted by atomic mass is 10.0. The molecule has 118 valence electrons. The van der Waals surface area contributed by atoms with E-state index in [1.807, 2.05) is 34.6 Å². The summed E-state index contributed by atoms with van der Waals surface area (Å²) in [4.78, 5) is 14.2. The van der Waals surface area contributed by atoms with E-state index in [-0.39, 0.29) is 11.6 Å². The highest BCUT2D eigenvalue weighted by atomic mass is 16.6. The average molecular weight is 285 g/mol. The standard InChI is InChI=1S/C15H31N3O2/c1-14(2,3)20-13(19)17-15(4,5)11-16-12-8-7-9-18(6)10-12/h12,16H,7-11H2,1-6H3,(H,17,19). The fraction of sp³-hybridized carbons (Fsp3) is 0.933. The van der Waals surface area contributed by atoms with Crippen molar-refractivity contribution in [2.24, 2.45) is 0 Å². The largest absolute Gasteiger partial charge is 0.444 e. The molecule has 20 heavy (non-hydrogen) atoms. The third-order valence-corrected chi connectivity index (χ3v) is 3.30. The predicted octanol–water partition coefficient (Wildman–Crippen LogP) is 1.97. The second-order valence-corrected chi connectivity index (χ2v) is 7.49. The quantitative estimate of drug-likeness (QED) is 0.829. The van der Waals surface area contributed by atoms with Crippen LogP contribution in [0.3, 0.4) is 0 Å². The van der Waals surface area contributed by atoms with Crippen LogP contribution in [0.2, 0.25) is 0 Å². The minimum atomic E-state index is -0.459. The van der Waals surface area contributed by atoms with Gasteiger partial charge in [0.25, 0.3) is 0 Å². The van der Waals surface area contributed by atoms with Crippen LogP contribution in [0.1, 0.15) is 47.5 Å². The summed E-state index contributed by atoms with van der Waals surface area (Å²) in [5.41, 5.74) is -0.780. The maximum Gasteiger partial charge on any atom is 0.408 e. The molecule has 5 heteroatoms. The number of hydrogen-bond acceptors (Lipinski definition) is 4. The number of amides is 1. The fourth-order valence-corrected chi connectivity index (χ4v) is 2.36. The fourth-order valence-electron chi connectivity index (χ4n) is 2.36. The summed E-state index contributed by atoms with van der Waals surface area (Å²) in [6.45, 7) is 12.6. The summed E-state index contributed by atoms with van der Waals surface area (Å²) in [7, 11) is 2.15. The van der Waals surface area contributed by atoms with E-state index in [1.165, 1.54) is 19.4 Å². The van der Waals surface area contributed by atoms with Crippen molar-refractivity contribution in [3.63, 3.8) is 0 Å². The molecule has 0 spiro atoms. The second-order valence-electron chi connectivity index (χ2n) is 7.49. The van der Waals surface area contributed by atoms with Gasteiger partial charge in [-0.1, -0.05) is 0 Å². The summed E-state index contributed by atoms with van der Waals surface area (Å²) in [6, 6.07) is 0.508. The Morgan fingerprint density at radius 2 is 1.95 bits per heavy atom. The maximum absolute atomic E-state index is 11.8. The molecule has 5 nitrogen and oxygen atoms in total. The molecule has 0 bridgehead atoms. The molecule has 1 atom stereocenters. The van der Waals surface area contributed by atoms with Crippen molar-refractivity contribution in [2.75, 3.05) is 26.7 Å². The second kappa shape index (κ2) is 6.76. The van der Waals surface area contributed by atoms with Crippen LogP contribution in [0.15, 0.2) is 0 Å². The van der Waals surface area contributed by atoms with Gasteiger partial charge in [0.2, 0.25) is 0 Å². The zero-order valence-corrected chi connectivity index (χ0v) is 13.9. The number of likely N-dealkylation sites (tertiary alicyclic amines) is 1. The van der Waals surface area contributed by atoms with E-state index in [9.17, 15) is 4.79 Å². The molecule has 1 rings (SSSR count). The van der Waals surface area contributed by atoms with Crippen molar-refractivity contribution in [1.29, 1.82) is 0 Å². The van der Waals surface area contributed by atoms with Crippen molar-refractivity contribution >= 4 is 6.09 Å². The molecule has 0 aromatic carbocycles. The molecule has 1 aliphatic heterocycles. The summed E-state index contributed by atoms with van der Waals surface area (Å²) in [6.07, 6.45) is 2.08. The number of rotatable bonds is 4. The highest BCUT2D eigenvalue weighted by Gasteiger charge is 2.26. The van der Waals surface area contributed by atoms with Crippen LogP contribution in [0.4, 0.5) is 4.79 Å². The van der Waals surface area contributed by atoms with E-state index < -0.39 is 5.60 Å². The zero-order chi connectivity index (χ0) is 15.4. The Bertz CT molecular complexity index is 324. The van der Waals surface area contributed by atoms with Crippen LogP contribution in [0, 0.1) is 0 Å². The molecule has 1 amide bonds. The lowest BCUT2D eigenvalue weighted by Crippen LogP contribution is -2.55. The molecule has 1 fully saturated rings. The van der Waals surface area contributed by atoms with E-state index in [0.29, 0.717) is 6.04 Å². The Morgan fingerprint density at radius 1 is 1.30 bits per heavy atom. The number of nitrogens with one attached hydrogen (secondary N) is 2. The Kier molecular flexibility index (Phi) is 5.83. The topological polar surface area (TPSA) is 53.6 Å². The van der Waals surface area contributed by atoms with Gasteiger partial charge in [-0.15, -0.1) is 0 Å². The molecule has 1 unspecified atom stereocenters. The molecule has 0 aromatic rings. The molecule has 1 aliphatic rings. The van der Waals surface area contributed by atoms with E-state index >= 15 is 0 Å². The SMILES string of the molecule is CN1CCCC(NCC(C)(C)NC(=O)OC(C)(C)C)C1. The molecular weight excluding hydrogens is 254 g/mol. The van der Waals surface area contributed by atoms with Gasteiger partial charge in [-0.2, -0.15) is 0 Å². The number of alkyl carbamates (subject to hydrolysis) is 1. The van der Waals surface area contributed by atoms with Gasteiger partial charge in [0, 0.05) is 19.1 Å². The highest BCUT2D eigenvalue weighted by molar-refractivity contribution is 5.68. The summed E-state index contributed by atoms with van der Waals surface area (Å²) in [5.74, 6) is 0. The Balaban J connectivity index is 2.35. The van der Waals surface area contributed by atoms with Crippen molar-refractivity contribution in [3.05, 3.63) is 0 Å². The Morgan fingerprint density at radius 3 is 2.50 bits per heavy atom. The van der Waals surface area contributed by atoms with Gasteiger partial charge < -0.3 is 20.3 Å². The number of hydrogen-bond donors (Lipinski definition) is 2. The number of likely N-dealkylation sites (N-methyl/N-ethyl adjacent to an activating group) is 1. The summed E-state index contributed by atoms with van der Waals surface area (Å²) >= 11 is 0. The minimum Gasteiger partial charge on any atom is -0.444 e. The molecule has 0 aromatic heterocycles. The van der Waals surface area contributed by atoms with E-state index in [2.05, 4.69) is 22.6 Å². The van der Waals surface area contributed by atoms with Crippen molar-refractivity contribution < 1.29 is 9.53 Å². The van der Waals surface area contributed by atoms with Crippen LogP contribution >= 0.6 is 0 Å². The lowest BCUT2D eigenvalue weighted by molar-refractivity contribution is 0.0469. The Labute approximate surface area is 123 Å². The van der Waals surface area contributed by atoms with Gasteiger partial charge in [-0.25, -0.2) is 4.79 Å². The lowest BCUT2D eigenvalue weighted by Gasteiger charge is -2.34. The van der Waals surface area contributed by atoms with Gasteiger partial charge in [-0.05, 0) is 61.1 Å². The summed E-state index contributed by atoms with van der Waals surface area (Å²) in [5, 5.41) is 6.47. The first-order valence-corrected chi connectivity index (χ1v) is 7.50. The van der Waals surface area contributed by atoms with Gasteiger partial charge in [-0.3, -0.25) is 0 Å². The Hall–Kier alpha value is -0.810. The first kappa shape index (κ1) is 17.2. The predicted molar refractivity (Wildman–Crippen MR) is 82.0 cm³/mol. The highest BCUT2D eigenvalue weighted by Crippen LogP contribution is 2.11. The van der Waals surface area contributed by atoms with Crippen LogP contribution in [0.25, 0.3) is 0 Å². The van der Waals surface area contributed by atoms with Crippen LogP contribution < -0.4 is 10.6 Å². The molecule has 0 radical (unpaired) electrons. The van der Waals surface area contributed by atoms with Gasteiger partial charge in [0.1, 0.15) is 5.60 Å². The van der Waals surface area contributed by atoms with E-state index in [1.54, 1.807) is 0 Å². The third kappa shape index (κ3) is 7.10. The minimum absolute atomic E-state index is 0.321. The first-order chi connectivity index (χ1) is 9.07. The van der Waals surface area contributed by atoms with Crippen LogP contribution in [-0.2, 0) is 4.74 Å². The van der Waals surface area contributed by atoms with Crippen LogP contribution in [0.5, 0.6) is 0 Å². The number of nitrogens with zero attached hydrogens (tertiary/aromatic N) is 1. The normalized spacial score (nSPS) is 21.6. The van der Waals surface area contributed by atoms with E-state index in [0.717, 1.165) is 13.1 Å². The van der Waals surface area contributed by atoms with Gasteiger partial charge in [0.05, 0.1) is 5.54 Å². The molecule has 1 saturated heterocycles. The molecule has 0 aliphatic carbocycles. The number of carbonyl (C=O) groups is 1. The van der Waals surface area contributed by atoms with E-state index in [4.69, 9.17) is 4.74 Å². The van der Waals surface area contributed by atoms with Gasteiger partial charge >= 0.3 is 6.09 Å². The van der Waals surface area contributed by atoms with Gasteiger partial charge in [0.15, 0.2) is 0 Å². The van der Waals surface area contributed by atoms with Crippen LogP contribution in [-0.4, -0.2) is 54.9 Å². The molecule has 1 heterocycles.